The molecule has 6 nitrogen and oxygen atoms in total. The summed E-state index contributed by atoms with van der Waals surface area (Å²) in [5.74, 6) is -0.886. The molecule has 1 saturated heterocycles. The Labute approximate surface area is 203 Å². The van der Waals surface area contributed by atoms with Gasteiger partial charge in [0, 0.05) is 47.2 Å². The first-order valence-electron chi connectivity index (χ1n) is 11.8. The van der Waals surface area contributed by atoms with Crippen molar-refractivity contribution in [3.8, 4) is 0 Å². The monoisotopic (exact) mass is 485 g/mol. The van der Waals surface area contributed by atoms with Crippen LogP contribution in [0.2, 0.25) is 5.02 Å². The van der Waals surface area contributed by atoms with Crippen molar-refractivity contribution in [3.05, 3.63) is 70.5 Å². The number of carbonyl (C=O) groups excluding carboxylic acids is 3. The first kappa shape index (κ1) is 24.2. The SMILES string of the molecule is O=C(N[C@@H]1CCCCC1NC(=O)C1CCN(C(=O)c2ccc(Cl)cc2)CC1)c1ccc(F)cc1. The van der Waals surface area contributed by atoms with Crippen molar-refractivity contribution in [1.82, 2.24) is 15.5 Å². The van der Waals surface area contributed by atoms with Crippen LogP contribution in [0.25, 0.3) is 0 Å². The Morgan fingerprint density at radius 3 is 1.97 bits per heavy atom. The van der Waals surface area contributed by atoms with Crippen molar-refractivity contribution >= 4 is 29.3 Å². The highest BCUT2D eigenvalue weighted by molar-refractivity contribution is 6.30. The fraction of sp³-hybridized carbons (Fsp3) is 0.423. The smallest absolute Gasteiger partial charge is 0.253 e. The molecule has 8 heteroatoms. The molecule has 34 heavy (non-hydrogen) atoms. The number of hydrogen-bond donors (Lipinski definition) is 2. The maximum atomic E-state index is 13.2. The second kappa shape index (κ2) is 11.0. The summed E-state index contributed by atoms with van der Waals surface area (Å²) in [6, 6.07) is 12.0. The molecule has 2 fully saturated rings. The van der Waals surface area contributed by atoms with E-state index in [1.54, 1.807) is 29.2 Å². The number of hydrogen-bond acceptors (Lipinski definition) is 3. The van der Waals surface area contributed by atoms with Crippen molar-refractivity contribution in [2.45, 2.75) is 50.6 Å². The van der Waals surface area contributed by atoms with Crippen LogP contribution in [0, 0.1) is 11.7 Å². The third-order valence-electron chi connectivity index (χ3n) is 6.76. The van der Waals surface area contributed by atoms with Crippen LogP contribution in [0.1, 0.15) is 59.2 Å². The zero-order valence-corrected chi connectivity index (χ0v) is 19.7. The van der Waals surface area contributed by atoms with Crippen LogP contribution in [-0.4, -0.2) is 47.8 Å². The molecule has 1 unspecified atom stereocenters. The van der Waals surface area contributed by atoms with Gasteiger partial charge in [0.15, 0.2) is 0 Å². The molecule has 0 spiro atoms. The number of rotatable bonds is 5. The van der Waals surface area contributed by atoms with E-state index in [1.165, 1.54) is 24.3 Å². The predicted octanol–water partition coefficient (Wildman–Crippen LogP) is 4.19. The lowest BCUT2D eigenvalue weighted by Gasteiger charge is -2.36. The van der Waals surface area contributed by atoms with E-state index in [0.29, 0.717) is 42.1 Å². The van der Waals surface area contributed by atoms with E-state index in [0.717, 1.165) is 25.7 Å². The Bertz CT molecular complexity index is 1020. The normalized spacial score (nSPS) is 21.1. The quantitative estimate of drug-likeness (QED) is 0.666. The fourth-order valence-corrected chi connectivity index (χ4v) is 4.88. The number of benzene rings is 2. The van der Waals surface area contributed by atoms with Gasteiger partial charge in [-0.2, -0.15) is 0 Å². The summed E-state index contributed by atoms with van der Waals surface area (Å²) in [7, 11) is 0. The van der Waals surface area contributed by atoms with Crippen molar-refractivity contribution in [1.29, 1.82) is 0 Å². The second-order valence-electron chi connectivity index (χ2n) is 9.06. The summed E-state index contributed by atoms with van der Waals surface area (Å²) >= 11 is 5.90. The summed E-state index contributed by atoms with van der Waals surface area (Å²) in [6.07, 6.45) is 4.75. The summed E-state index contributed by atoms with van der Waals surface area (Å²) in [4.78, 5) is 40.1. The number of amides is 3. The highest BCUT2D eigenvalue weighted by Gasteiger charge is 2.32. The summed E-state index contributed by atoms with van der Waals surface area (Å²) < 4.78 is 13.2. The molecular formula is C26H29ClFN3O3. The van der Waals surface area contributed by atoms with E-state index in [-0.39, 0.29) is 41.5 Å². The Morgan fingerprint density at radius 1 is 0.794 bits per heavy atom. The number of likely N-dealkylation sites (tertiary alicyclic amines) is 1. The van der Waals surface area contributed by atoms with E-state index >= 15 is 0 Å². The zero-order valence-electron chi connectivity index (χ0n) is 18.9. The van der Waals surface area contributed by atoms with Gasteiger partial charge in [0.25, 0.3) is 11.8 Å². The molecule has 2 aromatic carbocycles. The highest BCUT2D eigenvalue weighted by atomic mass is 35.5. The molecule has 1 heterocycles. The molecule has 1 aliphatic carbocycles. The van der Waals surface area contributed by atoms with Gasteiger partial charge in [-0.05, 0) is 74.2 Å². The Morgan fingerprint density at radius 2 is 1.35 bits per heavy atom. The summed E-state index contributed by atoms with van der Waals surface area (Å²) in [5.41, 5.74) is 0.990. The number of piperidine rings is 1. The lowest BCUT2D eigenvalue weighted by Crippen LogP contribution is -2.55. The average molecular weight is 486 g/mol. The molecular weight excluding hydrogens is 457 g/mol. The molecule has 2 aromatic rings. The van der Waals surface area contributed by atoms with Gasteiger partial charge in [0.1, 0.15) is 5.82 Å². The van der Waals surface area contributed by atoms with Gasteiger partial charge in [-0.15, -0.1) is 0 Å². The minimum atomic E-state index is -0.389. The van der Waals surface area contributed by atoms with Crippen molar-refractivity contribution in [3.63, 3.8) is 0 Å². The number of carbonyl (C=O) groups is 3. The maximum Gasteiger partial charge on any atom is 0.253 e. The topological polar surface area (TPSA) is 78.5 Å². The third-order valence-corrected chi connectivity index (χ3v) is 7.01. The van der Waals surface area contributed by atoms with Crippen LogP contribution in [0.3, 0.4) is 0 Å². The van der Waals surface area contributed by atoms with Gasteiger partial charge < -0.3 is 15.5 Å². The van der Waals surface area contributed by atoms with Crippen LogP contribution in [0.5, 0.6) is 0 Å². The largest absolute Gasteiger partial charge is 0.351 e. The van der Waals surface area contributed by atoms with Crippen LogP contribution in [0.15, 0.2) is 48.5 Å². The molecule has 1 saturated carbocycles. The van der Waals surface area contributed by atoms with Gasteiger partial charge in [-0.1, -0.05) is 24.4 Å². The van der Waals surface area contributed by atoms with Gasteiger partial charge in [-0.25, -0.2) is 4.39 Å². The fourth-order valence-electron chi connectivity index (χ4n) is 4.75. The van der Waals surface area contributed by atoms with Crippen molar-refractivity contribution in [2.24, 2.45) is 5.92 Å². The van der Waals surface area contributed by atoms with Gasteiger partial charge in [-0.3, -0.25) is 14.4 Å². The molecule has 2 atom stereocenters. The highest BCUT2D eigenvalue weighted by Crippen LogP contribution is 2.23. The molecule has 2 N–H and O–H groups in total. The molecule has 0 bridgehead atoms. The molecule has 4 rings (SSSR count). The van der Waals surface area contributed by atoms with Crippen molar-refractivity contribution in [2.75, 3.05) is 13.1 Å². The first-order valence-corrected chi connectivity index (χ1v) is 12.2. The molecule has 0 radical (unpaired) electrons. The second-order valence-corrected chi connectivity index (χ2v) is 9.50. The first-order chi connectivity index (χ1) is 16.4. The predicted molar refractivity (Wildman–Crippen MR) is 128 cm³/mol. The number of nitrogens with zero attached hydrogens (tertiary/aromatic N) is 1. The molecule has 180 valence electrons. The maximum absolute atomic E-state index is 13.2. The van der Waals surface area contributed by atoms with Gasteiger partial charge >= 0.3 is 0 Å². The van der Waals surface area contributed by atoms with E-state index < -0.39 is 0 Å². The summed E-state index contributed by atoms with van der Waals surface area (Å²) in [6.45, 7) is 1.05. The lowest BCUT2D eigenvalue weighted by molar-refractivity contribution is -0.127. The zero-order chi connectivity index (χ0) is 24.1. The Balaban J connectivity index is 1.29. The van der Waals surface area contributed by atoms with Gasteiger partial charge in [0.2, 0.25) is 5.91 Å². The minimum Gasteiger partial charge on any atom is -0.351 e. The average Bonchev–Trinajstić information content (AvgIpc) is 2.85. The van der Waals surface area contributed by atoms with E-state index in [9.17, 15) is 18.8 Å². The lowest BCUT2D eigenvalue weighted by atomic mass is 9.88. The van der Waals surface area contributed by atoms with E-state index in [1.807, 2.05) is 0 Å². The van der Waals surface area contributed by atoms with E-state index in [2.05, 4.69) is 10.6 Å². The van der Waals surface area contributed by atoms with Gasteiger partial charge in [0.05, 0.1) is 0 Å². The van der Waals surface area contributed by atoms with Crippen molar-refractivity contribution < 1.29 is 18.8 Å². The standard InChI is InChI=1S/C26H29ClFN3O3/c27-20-9-5-19(6-10-20)26(34)31-15-13-18(14-16-31)25(33)30-23-4-2-1-3-22(23)29-24(32)17-7-11-21(28)12-8-17/h5-12,18,22-23H,1-4,13-16H2,(H,29,32)(H,30,33)/t22-,23?/m1/s1. The third kappa shape index (κ3) is 5.95. The van der Waals surface area contributed by atoms with Crippen LogP contribution in [-0.2, 0) is 4.79 Å². The van der Waals surface area contributed by atoms with Crippen LogP contribution < -0.4 is 10.6 Å². The van der Waals surface area contributed by atoms with Crippen LogP contribution in [0.4, 0.5) is 4.39 Å². The molecule has 0 aromatic heterocycles. The minimum absolute atomic E-state index is 0.0217. The number of nitrogens with one attached hydrogen (secondary N) is 2. The molecule has 1 aliphatic heterocycles. The van der Waals surface area contributed by atoms with E-state index in [4.69, 9.17) is 11.6 Å². The number of halogens is 2. The molecule has 2 aliphatic rings. The van der Waals surface area contributed by atoms with Crippen LogP contribution >= 0.6 is 11.6 Å². The Kier molecular flexibility index (Phi) is 7.83. The Hall–Kier alpha value is -2.93. The summed E-state index contributed by atoms with van der Waals surface area (Å²) in [5, 5.41) is 6.76. The molecule has 3 amide bonds.